The number of rotatable bonds is 1. The topological polar surface area (TPSA) is 92.5 Å². The molecule has 0 amide bonds. The molecule has 6 rings (SSSR count). The van der Waals surface area contributed by atoms with Gasteiger partial charge >= 0.3 is 0 Å². The van der Waals surface area contributed by atoms with Crippen LogP contribution in [0.15, 0.2) is 24.3 Å². The minimum atomic E-state index is -0.450. The van der Waals surface area contributed by atoms with E-state index >= 15 is 0 Å². The minimum Gasteiger partial charge on any atom is -0.508 e. The maximum absolute atomic E-state index is 14.4. The molecule has 0 heterocycles. The lowest BCUT2D eigenvalue weighted by Gasteiger charge is -2.47. The molecule has 40 heavy (non-hydrogen) atoms. The number of hydrogen-bond donors (Lipinski definition) is 4. The smallest absolute Gasteiger partial charge is 0.168 e. The van der Waals surface area contributed by atoms with Gasteiger partial charge in [0, 0.05) is 28.5 Å². The molecule has 4 bridgehead atoms. The number of hydrogen-bond acceptors (Lipinski definition) is 4. The predicted molar refractivity (Wildman–Crippen MR) is 161 cm³/mol. The fraction of sp³-hybridized carbons (Fsp3) is 0.657. The quantitative estimate of drug-likeness (QED) is 0.296. The molecule has 0 saturated heterocycles. The molecule has 220 valence electrons. The number of phenols is 2. The van der Waals surface area contributed by atoms with Gasteiger partial charge in [0.25, 0.3) is 0 Å². The second kappa shape index (κ2) is 11.3. The number of fused-ring (bicyclic) bond motifs is 8. The second-order valence-electron chi connectivity index (χ2n) is 14.2. The first-order chi connectivity index (χ1) is 19.0. The number of halogens is 1. The highest BCUT2D eigenvalue weighted by Crippen LogP contribution is 2.49. The van der Waals surface area contributed by atoms with Gasteiger partial charge in [-0.25, -0.2) is 4.39 Å². The van der Waals surface area contributed by atoms with Crippen LogP contribution in [0.4, 0.5) is 4.39 Å². The summed E-state index contributed by atoms with van der Waals surface area (Å²) in [6, 6.07) is 7.88. The molecule has 6 atom stereocenters. The summed E-state index contributed by atoms with van der Waals surface area (Å²) in [5, 5.41) is 20.1. The van der Waals surface area contributed by atoms with Gasteiger partial charge in [0.15, 0.2) is 11.6 Å². The Bertz CT molecular complexity index is 1230. The molecule has 4 aliphatic carbocycles. The van der Waals surface area contributed by atoms with Crippen LogP contribution in [0.2, 0.25) is 0 Å². The summed E-state index contributed by atoms with van der Waals surface area (Å²) < 4.78 is 14.4. The summed E-state index contributed by atoms with van der Waals surface area (Å²) in [5.74, 6) is 1.18. The summed E-state index contributed by atoms with van der Waals surface area (Å²) in [6.07, 6.45) is 13.8. The van der Waals surface area contributed by atoms with Gasteiger partial charge in [-0.15, -0.1) is 0 Å². The fourth-order valence-electron chi connectivity index (χ4n) is 8.72. The van der Waals surface area contributed by atoms with Crippen molar-refractivity contribution in [3.05, 3.63) is 57.9 Å². The van der Waals surface area contributed by atoms with Gasteiger partial charge in [-0.2, -0.15) is 0 Å². The van der Waals surface area contributed by atoms with E-state index in [-0.39, 0.29) is 28.7 Å². The monoisotopic (exact) mass is 550 g/mol. The average Bonchev–Trinajstić information content (AvgIpc) is 2.91. The van der Waals surface area contributed by atoms with Crippen LogP contribution in [0.1, 0.15) is 126 Å². The maximum atomic E-state index is 14.4. The zero-order valence-electron chi connectivity index (χ0n) is 25.1. The second-order valence-corrected chi connectivity index (χ2v) is 14.2. The van der Waals surface area contributed by atoms with E-state index in [4.69, 9.17) is 11.5 Å². The summed E-state index contributed by atoms with van der Waals surface area (Å²) >= 11 is 0. The molecule has 2 fully saturated rings. The molecule has 0 aromatic heterocycles. The summed E-state index contributed by atoms with van der Waals surface area (Å²) in [4.78, 5) is 0. The molecule has 0 aliphatic heterocycles. The Hall–Kier alpha value is -2.11. The Balaban J connectivity index is 0.000000162. The van der Waals surface area contributed by atoms with Gasteiger partial charge in [-0.3, -0.25) is 0 Å². The lowest BCUT2D eigenvalue weighted by molar-refractivity contribution is 0.195. The van der Waals surface area contributed by atoms with Crippen molar-refractivity contribution in [2.45, 2.75) is 134 Å². The molecular formula is C35H51FN2O2. The maximum Gasteiger partial charge on any atom is 0.168 e. The van der Waals surface area contributed by atoms with Crippen molar-refractivity contribution in [3.63, 3.8) is 0 Å². The van der Waals surface area contributed by atoms with E-state index in [2.05, 4.69) is 33.8 Å². The van der Waals surface area contributed by atoms with Crippen LogP contribution in [0.3, 0.4) is 0 Å². The van der Waals surface area contributed by atoms with Crippen LogP contribution >= 0.6 is 0 Å². The van der Waals surface area contributed by atoms with Crippen molar-refractivity contribution in [3.8, 4) is 11.5 Å². The number of nitrogens with two attached hydrogens (primary N) is 2. The van der Waals surface area contributed by atoms with E-state index in [1.807, 2.05) is 12.1 Å². The Kier molecular flexibility index (Phi) is 8.29. The first-order valence-electron chi connectivity index (χ1n) is 15.9. The lowest BCUT2D eigenvalue weighted by atomic mass is 9.59. The first-order valence-corrected chi connectivity index (χ1v) is 15.9. The molecule has 6 N–H and O–H groups in total. The minimum absolute atomic E-state index is 0.00315. The lowest BCUT2D eigenvalue weighted by Crippen LogP contribution is -2.53. The van der Waals surface area contributed by atoms with E-state index in [1.54, 1.807) is 0 Å². The first kappa shape index (κ1) is 29.4. The third kappa shape index (κ3) is 5.06. The predicted octanol–water partition coefficient (Wildman–Crippen LogP) is 7.49. The zero-order valence-corrected chi connectivity index (χ0v) is 25.1. The normalized spacial score (nSPS) is 33.3. The van der Waals surface area contributed by atoms with Crippen molar-refractivity contribution in [1.29, 1.82) is 0 Å². The molecule has 2 saturated carbocycles. The summed E-state index contributed by atoms with van der Waals surface area (Å²) in [5.41, 5.74) is 18.4. The Morgan fingerprint density at radius 2 is 1.35 bits per heavy atom. The van der Waals surface area contributed by atoms with E-state index < -0.39 is 5.82 Å². The summed E-state index contributed by atoms with van der Waals surface area (Å²) in [6.45, 7) is 8.70. The van der Waals surface area contributed by atoms with Gasteiger partial charge in [-0.1, -0.05) is 78.4 Å². The average molecular weight is 551 g/mol. The van der Waals surface area contributed by atoms with Crippen LogP contribution in [0.25, 0.3) is 0 Å². The van der Waals surface area contributed by atoms with Crippen LogP contribution in [-0.4, -0.2) is 22.3 Å². The number of aromatic hydroxyl groups is 2. The molecule has 5 heteroatoms. The van der Waals surface area contributed by atoms with Crippen molar-refractivity contribution in [2.24, 2.45) is 23.3 Å². The van der Waals surface area contributed by atoms with Gasteiger partial charge in [0.05, 0.1) is 0 Å². The van der Waals surface area contributed by atoms with Crippen molar-refractivity contribution in [1.82, 2.24) is 0 Å². The van der Waals surface area contributed by atoms with Crippen LogP contribution in [0.5, 0.6) is 11.5 Å². The highest BCUT2D eigenvalue weighted by atomic mass is 19.1. The molecule has 4 nitrogen and oxygen atoms in total. The zero-order chi connectivity index (χ0) is 28.8. The fourth-order valence-corrected chi connectivity index (χ4v) is 8.72. The van der Waals surface area contributed by atoms with Gasteiger partial charge in [0.2, 0.25) is 0 Å². The van der Waals surface area contributed by atoms with Crippen LogP contribution in [0, 0.1) is 17.7 Å². The van der Waals surface area contributed by atoms with Crippen molar-refractivity contribution < 1.29 is 14.6 Å². The van der Waals surface area contributed by atoms with Crippen molar-refractivity contribution in [2.75, 3.05) is 0 Å². The molecule has 2 aromatic carbocycles. The van der Waals surface area contributed by atoms with Crippen LogP contribution in [-0.2, 0) is 23.7 Å². The summed E-state index contributed by atoms with van der Waals surface area (Å²) in [7, 11) is 0. The van der Waals surface area contributed by atoms with Crippen molar-refractivity contribution >= 4 is 0 Å². The molecule has 4 aliphatic rings. The van der Waals surface area contributed by atoms with Gasteiger partial charge in [0.1, 0.15) is 5.75 Å². The van der Waals surface area contributed by atoms with E-state index in [1.165, 1.54) is 55.7 Å². The Labute approximate surface area is 240 Å². The van der Waals surface area contributed by atoms with E-state index in [0.29, 0.717) is 29.1 Å². The molecular weight excluding hydrogens is 499 g/mol. The Morgan fingerprint density at radius 3 is 1.98 bits per heavy atom. The number of benzene rings is 2. The van der Waals surface area contributed by atoms with Crippen LogP contribution < -0.4 is 11.5 Å². The Morgan fingerprint density at radius 1 is 0.775 bits per heavy atom. The van der Waals surface area contributed by atoms with E-state index in [0.717, 1.165) is 49.7 Å². The molecule has 0 spiro atoms. The number of phenolic OH excluding ortho intramolecular Hbond substituents is 2. The molecule has 2 aromatic rings. The van der Waals surface area contributed by atoms with Gasteiger partial charge < -0.3 is 21.7 Å². The van der Waals surface area contributed by atoms with E-state index in [9.17, 15) is 14.6 Å². The SMILES string of the molecule is CC(C)c1cc2c(cc1O)C1(C)CCCCCC(C2)C1N.CC12CCCCCC(Cc3ccc(O)c(F)c31)C2N. The third-order valence-electron chi connectivity index (χ3n) is 11.3. The third-order valence-corrected chi connectivity index (χ3v) is 11.3. The molecule has 0 radical (unpaired) electrons. The van der Waals surface area contributed by atoms with Gasteiger partial charge in [-0.05, 0) is 90.7 Å². The molecule has 6 unspecified atom stereocenters. The highest BCUT2D eigenvalue weighted by Gasteiger charge is 2.46. The highest BCUT2D eigenvalue weighted by molar-refractivity contribution is 5.49. The standard InChI is InChI=1S/C19H29NO.C16H22FNO/c1-12(2)15-10-14-9-13-7-5-4-6-8-19(3,18(13)20)16(14)11-17(15)21;1-16-8-4-2-3-5-11(15(16)18)9-10-6-7-12(19)14(17)13(10)16/h10-13,18,21H,4-9,20H2,1-3H3;6-7,11,15,19H,2-5,8-9,18H2,1H3. The largest absolute Gasteiger partial charge is 0.508 e.